The van der Waals surface area contributed by atoms with Crippen LogP contribution in [0, 0.1) is 0 Å². The molecule has 1 aliphatic rings. The maximum atomic E-state index is 12.6. The maximum absolute atomic E-state index is 12.6. The number of amides is 1. The molecule has 0 atom stereocenters. The lowest BCUT2D eigenvalue weighted by Gasteiger charge is -2.38. The summed E-state index contributed by atoms with van der Waals surface area (Å²) in [5.41, 5.74) is -0.613. The van der Waals surface area contributed by atoms with Crippen molar-refractivity contribution in [3.63, 3.8) is 0 Å². The molecule has 3 heterocycles. The van der Waals surface area contributed by atoms with E-state index in [2.05, 4.69) is 15.3 Å². The Bertz CT molecular complexity index is 724. The van der Waals surface area contributed by atoms with Gasteiger partial charge in [-0.25, -0.2) is 4.98 Å². The zero-order valence-electron chi connectivity index (χ0n) is 12.0. The minimum Gasteiger partial charge on any atom is -0.471 e. The first-order chi connectivity index (χ1) is 10.8. The van der Waals surface area contributed by atoms with E-state index >= 15 is 0 Å². The minimum absolute atomic E-state index is 0.114. The van der Waals surface area contributed by atoms with Crippen LogP contribution in [0.15, 0.2) is 24.5 Å². The fourth-order valence-corrected chi connectivity index (χ4v) is 2.11. The molecule has 0 aliphatic carbocycles. The molecule has 0 aromatic carbocycles. The molecule has 7 nitrogen and oxygen atoms in total. The number of carbonyl (C=O) groups excluding carboxylic acids is 1. The SMILES string of the molecule is Cn1cc(C(=O)N2CC(Oc3cc(C(F)(F)F)ccn3)C2)nn1. The lowest BCUT2D eigenvalue weighted by molar-refractivity contribution is -0.137. The summed E-state index contributed by atoms with van der Waals surface area (Å²) in [6, 6.07) is 1.71. The van der Waals surface area contributed by atoms with E-state index in [1.165, 1.54) is 15.8 Å². The Morgan fingerprint density at radius 2 is 2.13 bits per heavy atom. The normalized spacial score (nSPS) is 15.4. The smallest absolute Gasteiger partial charge is 0.416 e. The monoisotopic (exact) mass is 327 g/mol. The molecule has 0 spiro atoms. The number of ether oxygens (including phenoxy) is 1. The van der Waals surface area contributed by atoms with Crippen molar-refractivity contribution in [1.82, 2.24) is 24.9 Å². The molecule has 23 heavy (non-hydrogen) atoms. The third kappa shape index (κ3) is 3.25. The molecule has 1 aliphatic heterocycles. The first-order valence-electron chi connectivity index (χ1n) is 6.68. The van der Waals surface area contributed by atoms with Crippen molar-refractivity contribution >= 4 is 5.91 Å². The molecular formula is C13H12F3N5O2. The molecule has 122 valence electrons. The van der Waals surface area contributed by atoms with Gasteiger partial charge in [0.15, 0.2) is 5.69 Å². The number of carbonyl (C=O) groups is 1. The molecule has 1 saturated heterocycles. The topological polar surface area (TPSA) is 73.1 Å². The minimum atomic E-state index is -4.45. The van der Waals surface area contributed by atoms with Gasteiger partial charge in [0.1, 0.15) is 6.10 Å². The Labute approximate surface area is 128 Å². The van der Waals surface area contributed by atoms with Crippen molar-refractivity contribution in [2.24, 2.45) is 7.05 Å². The van der Waals surface area contributed by atoms with Crippen LogP contribution in [0.4, 0.5) is 13.2 Å². The molecule has 1 fully saturated rings. The highest BCUT2D eigenvalue weighted by Crippen LogP contribution is 2.31. The number of aromatic nitrogens is 4. The molecule has 10 heteroatoms. The van der Waals surface area contributed by atoms with Gasteiger partial charge in [0.25, 0.3) is 5.91 Å². The zero-order valence-corrected chi connectivity index (χ0v) is 12.0. The third-order valence-corrected chi connectivity index (χ3v) is 3.31. The standard InChI is InChI=1S/C13H12F3N5O2/c1-20-7-10(18-19-20)12(22)21-5-9(6-21)23-11-4-8(2-3-17-11)13(14,15)16/h2-4,7,9H,5-6H2,1H3. The number of rotatable bonds is 3. The van der Waals surface area contributed by atoms with Gasteiger partial charge in [0, 0.05) is 19.3 Å². The Balaban J connectivity index is 1.57. The molecule has 0 radical (unpaired) electrons. The summed E-state index contributed by atoms with van der Waals surface area (Å²) in [7, 11) is 1.64. The van der Waals surface area contributed by atoms with E-state index in [1.54, 1.807) is 7.05 Å². The second-order valence-electron chi connectivity index (χ2n) is 5.11. The average molecular weight is 327 g/mol. The van der Waals surface area contributed by atoms with Crippen molar-refractivity contribution in [1.29, 1.82) is 0 Å². The Hall–Kier alpha value is -2.65. The van der Waals surface area contributed by atoms with E-state index < -0.39 is 17.8 Å². The van der Waals surface area contributed by atoms with Gasteiger partial charge in [-0.3, -0.25) is 9.48 Å². The zero-order chi connectivity index (χ0) is 16.6. The molecular weight excluding hydrogens is 315 g/mol. The molecule has 1 amide bonds. The second-order valence-corrected chi connectivity index (χ2v) is 5.11. The summed E-state index contributed by atoms with van der Waals surface area (Å²) >= 11 is 0. The third-order valence-electron chi connectivity index (χ3n) is 3.31. The summed E-state index contributed by atoms with van der Waals surface area (Å²) in [5.74, 6) is -0.411. The lowest BCUT2D eigenvalue weighted by atomic mass is 10.1. The van der Waals surface area contributed by atoms with Crippen LogP contribution in [0.1, 0.15) is 16.1 Å². The number of halogens is 3. The largest absolute Gasteiger partial charge is 0.471 e. The number of pyridine rings is 1. The van der Waals surface area contributed by atoms with Crippen molar-refractivity contribution in [3.05, 3.63) is 35.8 Å². The van der Waals surface area contributed by atoms with Crippen molar-refractivity contribution in [2.45, 2.75) is 12.3 Å². The highest BCUT2D eigenvalue weighted by molar-refractivity contribution is 5.92. The van der Waals surface area contributed by atoms with E-state index in [-0.39, 0.29) is 30.6 Å². The number of hydrogen-bond donors (Lipinski definition) is 0. The van der Waals surface area contributed by atoms with Gasteiger partial charge in [-0.1, -0.05) is 5.21 Å². The van der Waals surface area contributed by atoms with E-state index in [0.717, 1.165) is 18.3 Å². The van der Waals surface area contributed by atoms with Gasteiger partial charge in [0.2, 0.25) is 5.88 Å². The molecule has 0 N–H and O–H groups in total. The molecule has 2 aromatic rings. The van der Waals surface area contributed by atoms with Gasteiger partial charge in [-0.05, 0) is 6.07 Å². The first-order valence-corrected chi connectivity index (χ1v) is 6.68. The maximum Gasteiger partial charge on any atom is 0.416 e. The first kappa shape index (κ1) is 15.3. The Kier molecular flexibility index (Phi) is 3.66. The van der Waals surface area contributed by atoms with Gasteiger partial charge >= 0.3 is 6.18 Å². The summed E-state index contributed by atoms with van der Waals surface area (Å²) in [6.07, 6.45) is -2.31. The number of alkyl halides is 3. The lowest BCUT2D eigenvalue weighted by Crippen LogP contribution is -2.56. The van der Waals surface area contributed by atoms with Crippen molar-refractivity contribution in [3.8, 4) is 5.88 Å². The van der Waals surface area contributed by atoms with E-state index in [4.69, 9.17) is 4.74 Å². The predicted molar refractivity (Wildman–Crippen MR) is 70.6 cm³/mol. The predicted octanol–water partition coefficient (Wildman–Crippen LogP) is 1.13. The fraction of sp³-hybridized carbons (Fsp3) is 0.385. The van der Waals surface area contributed by atoms with Gasteiger partial charge in [-0.2, -0.15) is 13.2 Å². The van der Waals surface area contributed by atoms with Crippen molar-refractivity contribution in [2.75, 3.05) is 13.1 Å². The quantitative estimate of drug-likeness (QED) is 0.845. The molecule has 0 unspecified atom stereocenters. The van der Waals surface area contributed by atoms with Gasteiger partial charge < -0.3 is 9.64 Å². The summed E-state index contributed by atoms with van der Waals surface area (Å²) in [6.45, 7) is 0.515. The summed E-state index contributed by atoms with van der Waals surface area (Å²) < 4.78 is 44.6. The summed E-state index contributed by atoms with van der Waals surface area (Å²) in [4.78, 5) is 17.2. The average Bonchev–Trinajstić information content (AvgIpc) is 2.88. The number of aryl methyl sites for hydroxylation is 1. The van der Waals surface area contributed by atoms with Crippen LogP contribution < -0.4 is 4.74 Å². The van der Waals surface area contributed by atoms with E-state index in [1.807, 2.05) is 0 Å². The highest BCUT2D eigenvalue weighted by Gasteiger charge is 2.35. The number of nitrogens with zero attached hydrogens (tertiary/aromatic N) is 5. The van der Waals surface area contributed by atoms with E-state index in [0.29, 0.717) is 0 Å². The van der Waals surface area contributed by atoms with Crippen LogP contribution in [0.2, 0.25) is 0 Å². The van der Waals surface area contributed by atoms with Gasteiger partial charge in [0.05, 0.1) is 24.8 Å². The number of likely N-dealkylation sites (tertiary alicyclic amines) is 1. The second kappa shape index (κ2) is 5.52. The van der Waals surface area contributed by atoms with Crippen LogP contribution in [-0.2, 0) is 13.2 Å². The van der Waals surface area contributed by atoms with Crippen LogP contribution in [0.3, 0.4) is 0 Å². The van der Waals surface area contributed by atoms with Crippen LogP contribution in [0.25, 0.3) is 0 Å². The van der Waals surface area contributed by atoms with Crippen LogP contribution >= 0.6 is 0 Å². The molecule has 0 saturated carbocycles. The van der Waals surface area contributed by atoms with Crippen LogP contribution in [-0.4, -0.2) is 50.0 Å². The fourth-order valence-electron chi connectivity index (χ4n) is 2.11. The van der Waals surface area contributed by atoms with Crippen molar-refractivity contribution < 1.29 is 22.7 Å². The molecule has 0 bridgehead atoms. The number of hydrogen-bond acceptors (Lipinski definition) is 5. The van der Waals surface area contributed by atoms with Gasteiger partial charge in [-0.15, -0.1) is 5.10 Å². The van der Waals surface area contributed by atoms with E-state index in [9.17, 15) is 18.0 Å². The summed E-state index contributed by atoms with van der Waals surface area (Å²) in [5, 5.41) is 7.38. The Morgan fingerprint density at radius 3 is 2.74 bits per heavy atom. The molecule has 3 rings (SSSR count). The Morgan fingerprint density at radius 1 is 1.39 bits per heavy atom. The van der Waals surface area contributed by atoms with Crippen LogP contribution in [0.5, 0.6) is 5.88 Å². The molecule has 2 aromatic heterocycles. The highest BCUT2D eigenvalue weighted by atomic mass is 19.4.